The van der Waals surface area contributed by atoms with E-state index in [4.69, 9.17) is 9.47 Å². The Hall–Kier alpha value is -1.55. The summed E-state index contributed by atoms with van der Waals surface area (Å²) in [6.45, 7) is 1.01. The van der Waals surface area contributed by atoms with Crippen molar-refractivity contribution >= 4 is 15.9 Å². The zero-order chi connectivity index (χ0) is 11.9. The van der Waals surface area contributed by atoms with Gasteiger partial charge >= 0.3 is 0 Å². The smallest absolute Gasteiger partial charge is 0.136 e. The highest BCUT2D eigenvalue weighted by Gasteiger charge is 1.99. The molecule has 0 aliphatic carbocycles. The number of benzene rings is 1. The lowest BCUT2D eigenvalue weighted by atomic mass is 10.3. The van der Waals surface area contributed by atoms with Crippen molar-refractivity contribution in [2.75, 3.05) is 13.2 Å². The van der Waals surface area contributed by atoms with E-state index in [1.807, 2.05) is 36.4 Å². The van der Waals surface area contributed by atoms with Crippen molar-refractivity contribution < 1.29 is 9.47 Å². The second kappa shape index (κ2) is 6.25. The van der Waals surface area contributed by atoms with Gasteiger partial charge in [-0.3, -0.25) is 4.98 Å². The largest absolute Gasteiger partial charge is 0.490 e. The maximum absolute atomic E-state index is 5.55. The average Bonchev–Trinajstić information content (AvgIpc) is 2.38. The standard InChI is InChI=1S/C13H12BrNO2/c14-12-10-15-7-6-13(12)17-9-8-16-11-4-2-1-3-5-11/h1-7,10H,8-9H2. The molecule has 0 aliphatic rings. The van der Waals surface area contributed by atoms with Gasteiger partial charge in [0.1, 0.15) is 24.7 Å². The Morgan fingerprint density at radius 2 is 1.76 bits per heavy atom. The molecule has 0 spiro atoms. The minimum atomic E-state index is 0.498. The monoisotopic (exact) mass is 293 g/mol. The van der Waals surface area contributed by atoms with Crippen LogP contribution in [-0.2, 0) is 0 Å². The van der Waals surface area contributed by atoms with Crippen LogP contribution < -0.4 is 9.47 Å². The molecule has 2 aromatic rings. The van der Waals surface area contributed by atoms with Gasteiger partial charge in [0, 0.05) is 12.4 Å². The molecule has 88 valence electrons. The van der Waals surface area contributed by atoms with Gasteiger partial charge in [0.05, 0.1) is 4.47 Å². The van der Waals surface area contributed by atoms with Crippen molar-refractivity contribution in [3.05, 3.63) is 53.3 Å². The third-order valence-electron chi connectivity index (χ3n) is 2.09. The van der Waals surface area contributed by atoms with Gasteiger partial charge < -0.3 is 9.47 Å². The van der Waals surface area contributed by atoms with Crippen LogP contribution in [-0.4, -0.2) is 18.2 Å². The summed E-state index contributed by atoms with van der Waals surface area (Å²) in [6, 6.07) is 11.5. The van der Waals surface area contributed by atoms with E-state index in [0.717, 1.165) is 16.0 Å². The lowest BCUT2D eigenvalue weighted by Crippen LogP contribution is -2.09. The first-order chi connectivity index (χ1) is 8.36. The van der Waals surface area contributed by atoms with Gasteiger partial charge in [-0.1, -0.05) is 18.2 Å². The van der Waals surface area contributed by atoms with E-state index in [1.54, 1.807) is 12.4 Å². The molecule has 3 nitrogen and oxygen atoms in total. The van der Waals surface area contributed by atoms with Crippen LogP contribution >= 0.6 is 15.9 Å². The van der Waals surface area contributed by atoms with E-state index in [-0.39, 0.29) is 0 Å². The first-order valence-corrected chi connectivity index (χ1v) is 6.06. The molecule has 0 fully saturated rings. The predicted octanol–water partition coefficient (Wildman–Crippen LogP) is 3.30. The van der Waals surface area contributed by atoms with Gasteiger partial charge in [0.2, 0.25) is 0 Å². The fourth-order valence-electron chi connectivity index (χ4n) is 1.31. The van der Waals surface area contributed by atoms with Crippen molar-refractivity contribution in [2.24, 2.45) is 0 Å². The Morgan fingerprint density at radius 1 is 1.00 bits per heavy atom. The first kappa shape index (κ1) is 11.9. The van der Waals surface area contributed by atoms with Crippen molar-refractivity contribution in [3.8, 4) is 11.5 Å². The number of halogens is 1. The quantitative estimate of drug-likeness (QED) is 0.793. The Labute approximate surface area is 109 Å². The molecule has 0 saturated heterocycles. The van der Waals surface area contributed by atoms with Gasteiger partial charge in [-0.05, 0) is 34.1 Å². The highest BCUT2D eigenvalue weighted by molar-refractivity contribution is 9.10. The van der Waals surface area contributed by atoms with Crippen molar-refractivity contribution in [1.82, 2.24) is 4.98 Å². The molecule has 4 heteroatoms. The van der Waals surface area contributed by atoms with E-state index in [0.29, 0.717) is 13.2 Å². The molecular weight excluding hydrogens is 282 g/mol. The third kappa shape index (κ3) is 3.75. The highest BCUT2D eigenvalue weighted by Crippen LogP contribution is 2.22. The van der Waals surface area contributed by atoms with Gasteiger partial charge in [-0.25, -0.2) is 0 Å². The van der Waals surface area contributed by atoms with E-state index < -0.39 is 0 Å². The minimum absolute atomic E-state index is 0.498. The van der Waals surface area contributed by atoms with Crippen LogP contribution in [0.5, 0.6) is 11.5 Å². The Morgan fingerprint density at radius 3 is 2.53 bits per heavy atom. The molecule has 0 amide bonds. The maximum Gasteiger partial charge on any atom is 0.136 e. The van der Waals surface area contributed by atoms with E-state index in [9.17, 15) is 0 Å². The summed E-state index contributed by atoms with van der Waals surface area (Å²) in [5.41, 5.74) is 0. The maximum atomic E-state index is 5.55. The molecule has 2 rings (SSSR count). The third-order valence-corrected chi connectivity index (χ3v) is 2.68. The van der Waals surface area contributed by atoms with E-state index in [1.165, 1.54) is 0 Å². The van der Waals surface area contributed by atoms with Crippen LogP contribution in [0, 0.1) is 0 Å². The summed E-state index contributed by atoms with van der Waals surface area (Å²) >= 11 is 3.36. The number of hydrogen-bond acceptors (Lipinski definition) is 3. The summed E-state index contributed by atoms with van der Waals surface area (Å²) in [7, 11) is 0. The molecule has 1 heterocycles. The summed E-state index contributed by atoms with van der Waals surface area (Å²) < 4.78 is 11.9. The van der Waals surface area contributed by atoms with Crippen LogP contribution in [0.15, 0.2) is 53.3 Å². The van der Waals surface area contributed by atoms with Crippen LogP contribution in [0.2, 0.25) is 0 Å². The summed E-state index contributed by atoms with van der Waals surface area (Å²) in [4.78, 5) is 3.96. The fraction of sp³-hybridized carbons (Fsp3) is 0.154. The second-order valence-corrected chi connectivity index (χ2v) is 4.17. The van der Waals surface area contributed by atoms with Gasteiger partial charge in [0.25, 0.3) is 0 Å². The molecule has 0 N–H and O–H groups in total. The number of ether oxygens (including phenoxy) is 2. The number of nitrogens with zero attached hydrogens (tertiary/aromatic N) is 1. The minimum Gasteiger partial charge on any atom is -0.490 e. The topological polar surface area (TPSA) is 31.4 Å². The van der Waals surface area contributed by atoms with E-state index >= 15 is 0 Å². The second-order valence-electron chi connectivity index (χ2n) is 3.32. The van der Waals surface area contributed by atoms with Gasteiger partial charge in [0.15, 0.2) is 0 Å². The normalized spacial score (nSPS) is 9.94. The van der Waals surface area contributed by atoms with E-state index in [2.05, 4.69) is 20.9 Å². The molecule has 0 saturated carbocycles. The molecule has 0 unspecified atom stereocenters. The molecule has 0 bridgehead atoms. The van der Waals surface area contributed by atoms with Crippen molar-refractivity contribution in [3.63, 3.8) is 0 Å². The fourth-order valence-corrected chi connectivity index (χ4v) is 1.67. The highest BCUT2D eigenvalue weighted by atomic mass is 79.9. The average molecular weight is 294 g/mol. The van der Waals surface area contributed by atoms with Crippen LogP contribution in [0.3, 0.4) is 0 Å². The lowest BCUT2D eigenvalue weighted by Gasteiger charge is -2.08. The molecule has 0 atom stereocenters. The number of aromatic nitrogens is 1. The number of hydrogen-bond donors (Lipinski definition) is 0. The number of pyridine rings is 1. The van der Waals surface area contributed by atoms with Crippen LogP contribution in [0.1, 0.15) is 0 Å². The Balaban J connectivity index is 1.76. The summed E-state index contributed by atoms with van der Waals surface area (Å²) in [6.07, 6.45) is 3.39. The molecule has 0 aliphatic heterocycles. The van der Waals surface area contributed by atoms with Crippen molar-refractivity contribution in [1.29, 1.82) is 0 Å². The molecule has 17 heavy (non-hydrogen) atoms. The molecular formula is C13H12BrNO2. The molecule has 1 aromatic carbocycles. The van der Waals surface area contributed by atoms with Gasteiger partial charge in [-0.2, -0.15) is 0 Å². The molecule has 0 radical (unpaired) electrons. The van der Waals surface area contributed by atoms with Crippen LogP contribution in [0.4, 0.5) is 0 Å². The summed E-state index contributed by atoms with van der Waals surface area (Å²) in [5.74, 6) is 1.63. The Kier molecular flexibility index (Phi) is 4.38. The van der Waals surface area contributed by atoms with Crippen molar-refractivity contribution in [2.45, 2.75) is 0 Å². The predicted molar refractivity (Wildman–Crippen MR) is 69.4 cm³/mol. The zero-order valence-electron chi connectivity index (χ0n) is 9.17. The molecule has 1 aromatic heterocycles. The first-order valence-electron chi connectivity index (χ1n) is 5.26. The lowest BCUT2D eigenvalue weighted by molar-refractivity contribution is 0.216. The number of para-hydroxylation sites is 1. The summed E-state index contributed by atoms with van der Waals surface area (Å²) in [5, 5.41) is 0. The van der Waals surface area contributed by atoms with Gasteiger partial charge in [-0.15, -0.1) is 0 Å². The SMILES string of the molecule is Brc1cnccc1OCCOc1ccccc1. The Bertz CT molecular complexity index is 462. The zero-order valence-corrected chi connectivity index (χ0v) is 10.8. The van der Waals surface area contributed by atoms with Crippen LogP contribution in [0.25, 0.3) is 0 Å². The number of rotatable bonds is 5.